The van der Waals surface area contributed by atoms with E-state index in [1.807, 2.05) is 39.8 Å². The number of carbonyl (C=O) groups excluding carboxylic acids is 1. The quantitative estimate of drug-likeness (QED) is 0.867. The zero-order valence-electron chi connectivity index (χ0n) is 10.6. The van der Waals surface area contributed by atoms with Crippen LogP contribution in [0.5, 0.6) is 0 Å². The molecule has 0 spiro atoms. The third kappa shape index (κ3) is 4.66. The molecule has 0 bridgehead atoms. The van der Waals surface area contributed by atoms with Crippen LogP contribution in [0.15, 0.2) is 12.1 Å². The van der Waals surface area contributed by atoms with E-state index in [0.29, 0.717) is 0 Å². The molecule has 0 aromatic carbocycles. The number of hydrogen-bond donors (Lipinski definition) is 2. The summed E-state index contributed by atoms with van der Waals surface area (Å²) in [5.74, 6) is 0.0227. The zero-order chi connectivity index (χ0) is 13.0. The highest BCUT2D eigenvalue weighted by molar-refractivity contribution is 7.16. The van der Waals surface area contributed by atoms with Crippen LogP contribution in [-0.4, -0.2) is 18.0 Å². The average Bonchev–Trinajstić information content (AvgIpc) is 2.63. The Balaban J connectivity index is 2.51. The van der Waals surface area contributed by atoms with E-state index in [1.54, 1.807) is 0 Å². The summed E-state index contributed by atoms with van der Waals surface area (Å²) < 4.78 is 0.771. The van der Waals surface area contributed by atoms with Gasteiger partial charge in [-0.2, -0.15) is 0 Å². The molecule has 1 rings (SSSR count). The topological polar surface area (TPSA) is 41.1 Å². The average molecular weight is 275 g/mol. The minimum atomic E-state index is -0.215. The molecular formula is C12H19ClN2OS. The van der Waals surface area contributed by atoms with Crippen LogP contribution in [0, 0.1) is 0 Å². The molecule has 3 nitrogen and oxygen atoms in total. The van der Waals surface area contributed by atoms with Gasteiger partial charge in [-0.25, -0.2) is 0 Å². The summed E-state index contributed by atoms with van der Waals surface area (Å²) in [5.41, 5.74) is 0. The SMILES string of the molecule is CC(C)NC(=O)C(C)NC(C)c1ccc(Cl)s1. The van der Waals surface area contributed by atoms with Crippen LogP contribution in [-0.2, 0) is 4.79 Å². The van der Waals surface area contributed by atoms with Crippen LogP contribution in [0.3, 0.4) is 0 Å². The van der Waals surface area contributed by atoms with E-state index in [1.165, 1.54) is 11.3 Å². The lowest BCUT2D eigenvalue weighted by Gasteiger charge is -2.19. The fraction of sp³-hybridized carbons (Fsp3) is 0.583. The lowest BCUT2D eigenvalue weighted by molar-refractivity contribution is -0.123. The van der Waals surface area contributed by atoms with Crippen LogP contribution in [0.25, 0.3) is 0 Å². The Hall–Kier alpha value is -0.580. The summed E-state index contributed by atoms with van der Waals surface area (Å²) in [7, 11) is 0. The lowest BCUT2D eigenvalue weighted by atomic mass is 10.2. The molecule has 1 aromatic rings. The second-order valence-corrected chi connectivity index (χ2v) is 6.16. The summed E-state index contributed by atoms with van der Waals surface area (Å²) in [6, 6.07) is 3.93. The molecule has 2 atom stereocenters. The minimum absolute atomic E-state index is 0.0227. The molecule has 1 heterocycles. The van der Waals surface area contributed by atoms with E-state index < -0.39 is 0 Å². The van der Waals surface area contributed by atoms with Gasteiger partial charge in [-0.15, -0.1) is 11.3 Å². The van der Waals surface area contributed by atoms with Gasteiger partial charge in [0, 0.05) is 17.0 Å². The predicted octanol–water partition coefficient (Wildman–Crippen LogP) is 2.97. The Labute approximate surface area is 112 Å². The highest BCUT2D eigenvalue weighted by Gasteiger charge is 2.17. The number of carbonyl (C=O) groups is 1. The number of amides is 1. The van der Waals surface area contributed by atoms with Gasteiger partial charge < -0.3 is 5.32 Å². The summed E-state index contributed by atoms with van der Waals surface area (Å²) in [6.07, 6.45) is 0. The molecule has 0 saturated heterocycles. The highest BCUT2D eigenvalue weighted by atomic mass is 35.5. The maximum atomic E-state index is 11.7. The Morgan fingerprint density at radius 3 is 2.41 bits per heavy atom. The third-order valence-corrected chi connectivity index (χ3v) is 3.76. The van der Waals surface area contributed by atoms with Crippen LogP contribution in [0.1, 0.15) is 38.6 Å². The van der Waals surface area contributed by atoms with Crippen molar-refractivity contribution in [1.82, 2.24) is 10.6 Å². The monoisotopic (exact) mass is 274 g/mol. The molecule has 17 heavy (non-hydrogen) atoms. The lowest BCUT2D eigenvalue weighted by Crippen LogP contribution is -2.45. The van der Waals surface area contributed by atoms with Gasteiger partial charge in [-0.3, -0.25) is 10.1 Å². The Bertz CT molecular complexity index is 378. The molecule has 1 amide bonds. The normalized spacial score (nSPS) is 14.7. The van der Waals surface area contributed by atoms with Gasteiger partial charge in [0.15, 0.2) is 0 Å². The molecule has 5 heteroatoms. The number of nitrogens with one attached hydrogen (secondary N) is 2. The van der Waals surface area contributed by atoms with Crippen molar-refractivity contribution in [2.24, 2.45) is 0 Å². The molecule has 2 N–H and O–H groups in total. The van der Waals surface area contributed by atoms with Crippen LogP contribution in [0.2, 0.25) is 4.34 Å². The largest absolute Gasteiger partial charge is 0.353 e. The first kappa shape index (κ1) is 14.5. The van der Waals surface area contributed by atoms with Gasteiger partial charge in [0.05, 0.1) is 10.4 Å². The number of hydrogen-bond acceptors (Lipinski definition) is 3. The van der Waals surface area contributed by atoms with E-state index in [0.717, 1.165) is 9.21 Å². The van der Waals surface area contributed by atoms with E-state index >= 15 is 0 Å². The molecule has 0 aliphatic rings. The number of halogens is 1. The van der Waals surface area contributed by atoms with Gasteiger partial charge in [0.1, 0.15) is 0 Å². The van der Waals surface area contributed by atoms with Crippen LogP contribution < -0.4 is 10.6 Å². The first-order chi connectivity index (χ1) is 7.90. The van der Waals surface area contributed by atoms with Crippen LogP contribution in [0.4, 0.5) is 0 Å². The second-order valence-electron chi connectivity index (χ2n) is 4.42. The van der Waals surface area contributed by atoms with E-state index in [9.17, 15) is 4.79 Å². The van der Waals surface area contributed by atoms with Crippen molar-refractivity contribution in [1.29, 1.82) is 0 Å². The van der Waals surface area contributed by atoms with E-state index in [4.69, 9.17) is 11.6 Å². The van der Waals surface area contributed by atoms with Gasteiger partial charge in [-0.05, 0) is 39.8 Å². The summed E-state index contributed by atoms with van der Waals surface area (Å²) in [6.45, 7) is 7.80. The first-order valence-corrected chi connectivity index (χ1v) is 6.91. The summed E-state index contributed by atoms with van der Waals surface area (Å²) in [4.78, 5) is 12.9. The fourth-order valence-corrected chi connectivity index (χ4v) is 2.58. The number of rotatable bonds is 5. The van der Waals surface area contributed by atoms with Gasteiger partial charge in [0.2, 0.25) is 5.91 Å². The smallest absolute Gasteiger partial charge is 0.237 e. The van der Waals surface area contributed by atoms with Crippen molar-refractivity contribution in [3.63, 3.8) is 0 Å². The molecule has 96 valence electrons. The van der Waals surface area contributed by atoms with Gasteiger partial charge >= 0.3 is 0 Å². The van der Waals surface area contributed by atoms with E-state index in [2.05, 4.69) is 10.6 Å². The maximum Gasteiger partial charge on any atom is 0.237 e. The number of thiophene rings is 1. The third-order valence-electron chi connectivity index (χ3n) is 2.34. The Morgan fingerprint density at radius 1 is 1.29 bits per heavy atom. The molecule has 0 aliphatic heterocycles. The van der Waals surface area contributed by atoms with Crippen molar-refractivity contribution in [3.8, 4) is 0 Å². The Morgan fingerprint density at radius 2 is 1.94 bits per heavy atom. The van der Waals surface area contributed by atoms with Gasteiger partial charge in [-0.1, -0.05) is 11.6 Å². The van der Waals surface area contributed by atoms with Crippen molar-refractivity contribution >= 4 is 28.8 Å². The molecular weight excluding hydrogens is 256 g/mol. The molecule has 1 aromatic heterocycles. The predicted molar refractivity (Wildman–Crippen MR) is 73.6 cm³/mol. The molecule has 0 saturated carbocycles. The molecule has 0 fully saturated rings. The second kappa shape index (κ2) is 6.38. The first-order valence-electron chi connectivity index (χ1n) is 5.71. The van der Waals surface area contributed by atoms with Crippen molar-refractivity contribution in [2.75, 3.05) is 0 Å². The van der Waals surface area contributed by atoms with E-state index in [-0.39, 0.29) is 24.0 Å². The minimum Gasteiger partial charge on any atom is -0.353 e. The molecule has 2 unspecified atom stereocenters. The highest BCUT2D eigenvalue weighted by Crippen LogP contribution is 2.26. The molecule has 0 radical (unpaired) electrons. The van der Waals surface area contributed by atoms with Crippen molar-refractivity contribution in [2.45, 2.75) is 45.8 Å². The maximum absolute atomic E-state index is 11.7. The molecule has 0 aliphatic carbocycles. The summed E-state index contributed by atoms with van der Waals surface area (Å²) in [5, 5.41) is 6.13. The Kier molecular flexibility index (Phi) is 5.43. The van der Waals surface area contributed by atoms with Crippen LogP contribution >= 0.6 is 22.9 Å². The zero-order valence-corrected chi connectivity index (χ0v) is 12.2. The fourth-order valence-electron chi connectivity index (χ4n) is 1.50. The van der Waals surface area contributed by atoms with Crippen molar-refractivity contribution in [3.05, 3.63) is 21.3 Å². The standard InChI is InChI=1S/C12H19ClN2OS/c1-7(2)14-12(16)9(4)15-8(3)10-5-6-11(13)17-10/h5-9,15H,1-4H3,(H,14,16). The summed E-state index contributed by atoms with van der Waals surface area (Å²) >= 11 is 7.42. The van der Waals surface area contributed by atoms with Gasteiger partial charge in [0.25, 0.3) is 0 Å². The van der Waals surface area contributed by atoms with Crippen molar-refractivity contribution < 1.29 is 4.79 Å².